The average molecular weight is 285 g/mol. The Morgan fingerprint density at radius 2 is 1.95 bits per heavy atom. The number of benzene rings is 1. The molecule has 3 aromatic rings. The van der Waals surface area contributed by atoms with E-state index < -0.39 is 11.4 Å². The van der Waals surface area contributed by atoms with Crippen LogP contribution in [0.15, 0.2) is 41.3 Å². The van der Waals surface area contributed by atoms with Gasteiger partial charge in [0.15, 0.2) is 0 Å². The first-order valence-corrected chi connectivity index (χ1v) is 6.84. The first kappa shape index (κ1) is 12.6. The Bertz CT molecular complexity index is 862. The van der Waals surface area contributed by atoms with Gasteiger partial charge in [-0.2, -0.15) is 0 Å². The molecule has 0 fully saturated rings. The van der Waals surface area contributed by atoms with Crippen molar-refractivity contribution in [3.05, 3.63) is 57.2 Å². The molecular weight excluding hydrogens is 274 g/mol. The molecule has 0 unspecified atom stereocenters. The van der Waals surface area contributed by atoms with Crippen LogP contribution in [0.1, 0.15) is 15.2 Å². The Kier molecular flexibility index (Phi) is 2.91. The van der Waals surface area contributed by atoms with Gasteiger partial charge < -0.3 is 10.1 Å². The van der Waals surface area contributed by atoms with Crippen molar-refractivity contribution in [1.82, 2.24) is 4.98 Å². The maximum absolute atomic E-state index is 12.4. The van der Waals surface area contributed by atoms with E-state index in [0.29, 0.717) is 10.2 Å². The Labute approximate surface area is 118 Å². The van der Waals surface area contributed by atoms with Crippen LogP contribution in [0.2, 0.25) is 0 Å². The fourth-order valence-corrected chi connectivity index (χ4v) is 3.36. The number of carboxylic acid groups (broad SMARTS) is 1. The van der Waals surface area contributed by atoms with Gasteiger partial charge in [-0.25, -0.2) is 4.79 Å². The van der Waals surface area contributed by atoms with Crippen LogP contribution in [-0.2, 0) is 0 Å². The molecule has 3 rings (SSSR count). The standard InChI is InChI=1S/C15H11NO3S/c1-8-11(9-5-3-2-4-6-9)12-13(17)10(15(18)19)7-16-14(12)20-8/h2-7H,1H3,(H,16,17)(H,18,19). The molecule has 0 aliphatic heterocycles. The SMILES string of the molecule is Cc1sc2[nH]cc(C(=O)O)c(=O)c2c1-c1ccccc1. The number of aromatic nitrogens is 1. The highest BCUT2D eigenvalue weighted by Crippen LogP contribution is 2.35. The summed E-state index contributed by atoms with van der Waals surface area (Å²) in [4.78, 5) is 28.1. The lowest BCUT2D eigenvalue weighted by molar-refractivity contribution is 0.0695. The van der Waals surface area contributed by atoms with Crippen molar-refractivity contribution in [1.29, 1.82) is 0 Å². The summed E-state index contributed by atoms with van der Waals surface area (Å²) in [5, 5.41) is 9.53. The lowest BCUT2D eigenvalue weighted by atomic mass is 10.0. The van der Waals surface area contributed by atoms with Crippen LogP contribution in [0, 0.1) is 6.92 Å². The number of thiophene rings is 1. The van der Waals surface area contributed by atoms with E-state index in [2.05, 4.69) is 4.98 Å². The molecule has 20 heavy (non-hydrogen) atoms. The van der Waals surface area contributed by atoms with E-state index in [9.17, 15) is 9.59 Å². The predicted octanol–water partition coefficient (Wildman–Crippen LogP) is 3.26. The predicted molar refractivity (Wildman–Crippen MR) is 79.6 cm³/mol. The van der Waals surface area contributed by atoms with Crippen LogP contribution in [0.25, 0.3) is 21.3 Å². The van der Waals surface area contributed by atoms with E-state index in [1.165, 1.54) is 17.5 Å². The Morgan fingerprint density at radius 3 is 2.60 bits per heavy atom. The van der Waals surface area contributed by atoms with E-state index in [-0.39, 0.29) is 5.56 Å². The number of carboxylic acids is 1. The number of rotatable bonds is 2. The van der Waals surface area contributed by atoms with Crippen molar-refractivity contribution in [2.45, 2.75) is 6.92 Å². The zero-order valence-electron chi connectivity index (χ0n) is 10.6. The minimum absolute atomic E-state index is 0.229. The summed E-state index contributed by atoms with van der Waals surface area (Å²) in [5.41, 5.74) is 1.07. The first-order valence-electron chi connectivity index (χ1n) is 6.03. The quantitative estimate of drug-likeness (QED) is 0.759. The molecule has 2 heterocycles. The zero-order valence-corrected chi connectivity index (χ0v) is 11.5. The smallest absolute Gasteiger partial charge is 0.341 e. The normalized spacial score (nSPS) is 10.8. The number of aryl methyl sites for hydroxylation is 1. The highest BCUT2D eigenvalue weighted by atomic mass is 32.1. The van der Waals surface area contributed by atoms with Crippen LogP contribution in [0.5, 0.6) is 0 Å². The highest BCUT2D eigenvalue weighted by Gasteiger charge is 2.18. The molecule has 0 atom stereocenters. The zero-order chi connectivity index (χ0) is 14.3. The summed E-state index contributed by atoms with van der Waals surface area (Å²) in [6, 6.07) is 9.53. The summed E-state index contributed by atoms with van der Waals surface area (Å²) < 4.78 is 0. The average Bonchev–Trinajstić information content (AvgIpc) is 2.77. The number of hydrogen-bond donors (Lipinski definition) is 2. The Morgan fingerprint density at radius 1 is 1.25 bits per heavy atom. The second-order valence-electron chi connectivity index (χ2n) is 4.44. The molecular formula is C15H11NO3S. The minimum Gasteiger partial charge on any atom is -0.477 e. The van der Waals surface area contributed by atoms with Crippen molar-refractivity contribution in [2.24, 2.45) is 0 Å². The van der Waals surface area contributed by atoms with Gasteiger partial charge in [0.1, 0.15) is 10.4 Å². The number of pyridine rings is 1. The molecule has 0 saturated carbocycles. The minimum atomic E-state index is -1.21. The molecule has 0 amide bonds. The van der Waals surface area contributed by atoms with Gasteiger partial charge >= 0.3 is 5.97 Å². The molecule has 2 aromatic heterocycles. The summed E-state index contributed by atoms with van der Waals surface area (Å²) in [5.74, 6) is -1.21. The van der Waals surface area contributed by atoms with Crippen molar-refractivity contribution < 1.29 is 9.90 Å². The van der Waals surface area contributed by atoms with Crippen LogP contribution in [0.3, 0.4) is 0 Å². The molecule has 1 aromatic carbocycles. The number of carbonyl (C=O) groups is 1. The maximum Gasteiger partial charge on any atom is 0.341 e. The Balaban J connectivity index is 2.43. The summed E-state index contributed by atoms with van der Waals surface area (Å²) in [6.45, 7) is 1.93. The van der Waals surface area contributed by atoms with Crippen LogP contribution < -0.4 is 5.43 Å². The van der Waals surface area contributed by atoms with Crippen molar-refractivity contribution in [3.8, 4) is 11.1 Å². The fraction of sp³-hybridized carbons (Fsp3) is 0.0667. The van der Waals surface area contributed by atoms with Crippen LogP contribution in [0.4, 0.5) is 0 Å². The molecule has 0 bridgehead atoms. The molecule has 0 radical (unpaired) electrons. The number of hydrogen-bond acceptors (Lipinski definition) is 3. The summed E-state index contributed by atoms with van der Waals surface area (Å²) >= 11 is 1.46. The van der Waals surface area contributed by atoms with E-state index in [1.54, 1.807) is 0 Å². The highest BCUT2D eigenvalue weighted by molar-refractivity contribution is 7.19. The second-order valence-corrected chi connectivity index (χ2v) is 5.66. The van der Waals surface area contributed by atoms with Gasteiger partial charge in [-0.3, -0.25) is 4.79 Å². The number of H-pyrrole nitrogens is 1. The lowest BCUT2D eigenvalue weighted by Gasteiger charge is -2.01. The van der Waals surface area contributed by atoms with Gasteiger partial charge in [-0.1, -0.05) is 30.3 Å². The number of aromatic amines is 1. The van der Waals surface area contributed by atoms with Gasteiger partial charge in [-0.05, 0) is 12.5 Å². The van der Waals surface area contributed by atoms with Crippen molar-refractivity contribution in [3.63, 3.8) is 0 Å². The van der Waals surface area contributed by atoms with E-state index in [0.717, 1.165) is 16.0 Å². The third-order valence-corrected chi connectivity index (χ3v) is 4.23. The van der Waals surface area contributed by atoms with E-state index >= 15 is 0 Å². The van der Waals surface area contributed by atoms with E-state index in [4.69, 9.17) is 5.11 Å². The van der Waals surface area contributed by atoms with Gasteiger partial charge in [0.2, 0.25) is 5.43 Å². The topological polar surface area (TPSA) is 70.2 Å². The van der Waals surface area contributed by atoms with Crippen molar-refractivity contribution >= 4 is 27.5 Å². The molecule has 0 spiro atoms. The van der Waals surface area contributed by atoms with Gasteiger partial charge in [0.25, 0.3) is 0 Å². The maximum atomic E-state index is 12.4. The van der Waals surface area contributed by atoms with Gasteiger partial charge in [-0.15, -0.1) is 11.3 Å². The molecule has 0 saturated heterocycles. The largest absolute Gasteiger partial charge is 0.477 e. The van der Waals surface area contributed by atoms with Crippen LogP contribution in [-0.4, -0.2) is 16.1 Å². The van der Waals surface area contributed by atoms with Crippen LogP contribution >= 0.6 is 11.3 Å². The number of aromatic carboxylic acids is 1. The summed E-state index contributed by atoms with van der Waals surface area (Å²) in [6.07, 6.45) is 1.26. The van der Waals surface area contributed by atoms with Gasteiger partial charge in [0, 0.05) is 16.6 Å². The number of fused-ring (bicyclic) bond motifs is 1. The second kappa shape index (κ2) is 4.61. The molecule has 2 N–H and O–H groups in total. The fourth-order valence-electron chi connectivity index (χ4n) is 2.31. The van der Waals surface area contributed by atoms with E-state index in [1.807, 2.05) is 37.3 Å². The summed E-state index contributed by atoms with van der Waals surface area (Å²) in [7, 11) is 0. The monoisotopic (exact) mass is 285 g/mol. The van der Waals surface area contributed by atoms with Gasteiger partial charge in [0.05, 0.1) is 5.39 Å². The molecule has 0 aliphatic rings. The van der Waals surface area contributed by atoms with Crippen molar-refractivity contribution in [2.75, 3.05) is 0 Å². The lowest BCUT2D eigenvalue weighted by Crippen LogP contribution is -2.14. The first-order chi connectivity index (χ1) is 9.59. The molecule has 0 aliphatic carbocycles. The third kappa shape index (κ3) is 1.83. The molecule has 100 valence electrons. The Hall–Kier alpha value is -2.40. The third-order valence-electron chi connectivity index (χ3n) is 3.20. The number of nitrogens with one attached hydrogen (secondary N) is 1. The molecule has 5 heteroatoms. The molecule has 4 nitrogen and oxygen atoms in total.